The number of hydrogen-bond acceptors (Lipinski definition) is 7. The largest absolute Gasteiger partial charge is 0.466 e. The normalized spacial score (nSPS) is 12.2. The number of hydrogen-bond donors (Lipinski definition) is 1. The number of allylic oxidation sites excluding steroid dienone is 1. The van der Waals surface area contributed by atoms with Crippen LogP contribution >= 0.6 is 0 Å². The van der Waals surface area contributed by atoms with Crippen molar-refractivity contribution in [3.05, 3.63) is 144 Å². The molecule has 0 amide bonds. The maximum absolute atomic E-state index is 15.8. The summed E-state index contributed by atoms with van der Waals surface area (Å²) < 4.78 is 71.6. The number of aromatic nitrogens is 3. The molecule has 9 nitrogen and oxygen atoms in total. The van der Waals surface area contributed by atoms with Crippen molar-refractivity contribution < 1.29 is 36.6 Å². The van der Waals surface area contributed by atoms with Crippen molar-refractivity contribution in [3.8, 4) is 22.8 Å². The fraction of sp³-hybridized carbons (Fsp3) is 0.200. The standard InChI is InChI=1S/C40H37F2N3O6S/c1-4-7-37(28-9-6-8-27(22-28)12-17-39(47)50-5-2)44-20-19-36(43-44)32-23-29(13-16-34(32)41)51-40-33(25-46)31-18-21-45(38(31)24-35(40)42)52(48,49)30-14-10-26(3)11-15-30/h4,6,8-11,13-16,18-24,37,46H,1,5,7,12,17,25H2,2-3H3. The number of aryl methyl sites for hydroxylation is 2. The lowest BCUT2D eigenvalue weighted by Gasteiger charge is -2.18. The van der Waals surface area contributed by atoms with E-state index in [2.05, 4.69) is 11.7 Å². The van der Waals surface area contributed by atoms with Gasteiger partial charge in [-0.25, -0.2) is 21.2 Å². The van der Waals surface area contributed by atoms with Gasteiger partial charge in [0.1, 0.15) is 11.6 Å². The minimum atomic E-state index is -4.07. The highest BCUT2D eigenvalue weighted by molar-refractivity contribution is 7.90. The number of benzene rings is 4. The third kappa shape index (κ3) is 7.39. The van der Waals surface area contributed by atoms with Crippen molar-refractivity contribution in [2.24, 2.45) is 0 Å². The Hall–Kier alpha value is -5.59. The van der Waals surface area contributed by atoms with Gasteiger partial charge >= 0.3 is 5.97 Å². The molecule has 0 saturated carbocycles. The summed E-state index contributed by atoms with van der Waals surface area (Å²) in [5.41, 5.74) is 3.22. The minimum Gasteiger partial charge on any atom is -0.466 e. The van der Waals surface area contributed by atoms with Crippen LogP contribution in [0.15, 0.2) is 115 Å². The molecule has 6 aromatic rings. The molecular formula is C40H37F2N3O6S. The molecule has 2 heterocycles. The highest BCUT2D eigenvalue weighted by atomic mass is 32.2. The van der Waals surface area contributed by atoms with Gasteiger partial charge in [-0.05, 0) is 80.3 Å². The van der Waals surface area contributed by atoms with Gasteiger partial charge in [0.25, 0.3) is 10.0 Å². The van der Waals surface area contributed by atoms with Crippen LogP contribution in [-0.4, -0.2) is 39.9 Å². The summed E-state index contributed by atoms with van der Waals surface area (Å²) >= 11 is 0. The smallest absolute Gasteiger partial charge is 0.306 e. The zero-order chi connectivity index (χ0) is 37.0. The Morgan fingerprint density at radius 1 is 1.00 bits per heavy atom. The number of ether oxygens (including phenoxy) is 2. The number of aliphatic hydroxyl groups excluding tert-OH is 1. The highest BCUT2D eigenvalue weighted by Gasteiger charge is 2.24. The molecule has 0 aliphatic heterocycles. The number of aliphatic hydroxyl groups is 1. The van der Waals surface area contributed by atoms with Gasteiger partial charge in [-0.3, -0.25) is 9.48 Å². The zero-order valence-corrected chi connectivity index (χ0v) is 29.4. The first kappa shape index (κ1) is 36.2. The van der Waals surface area contributed by atoms with Gasteiger partial charge in [0.2, 0.25) is 0 Å². The SMILES string of the molecule is C=CCC(c1cccc(CCC(=O)OCC)c1)n1ccc(-c2cc(Oc3c(F)cc4c(ccn4S(=O)(=O)c4ccc(C)cc4)c3CO)ccc2F)n1. The number of rotatable bonds is 14. The van der Waals surface area contributed by atoms with Crippen LogP contribution in [0.1, 0.15) is 48.1 Å². The summed E-state index contributed by atoms with van der Waals surface area (Å²) in [5, 5.41) is 15.3. The predicted molar refractivity (Wildman–Crippen MR) is 194 cm³/mol. The van der Waals surface area contributed by atoms with E-state index in [4.69, 9.17) is 9.47 Å². The van der Waals surface area contributed by atoms with Crippen molar-refractivity contribution in [1.82, 2.24) is 13.8 Å². The molecule has 52 heavy (non-hydrogen) atoms. The highest BCUT2D eigenvalue weighted by Crippen LogP contribution is 2.38. The lowest BCUT2D eigenvalue weighted by Crippen LogP contribution is -2.12. The van der Waals surface area contributed by atoms with Crippen LogP contribution in [0.5, 0.6) is 11.5 Å². The summed E-state index contributed by atoms with van der Waals surface area (Å²) in [6.45, 7) is 7.16. The second-order valence-corrected chi connectivity index (χ2v) is 14.0. The van der Waals surface area contributed by atoms with Crippen LogP contribution < -0.4 is 4.74 Å². The fourth-order valence-electron chi connectivity index (χ4n) is 6.10. The van der Waals surface area contributed by atoms with Crippen molar-refractivity contribution in [2.45, 2.75) is 50.7 Å². The molecule has 12 heteroatoms. The Morgan fingerprint density at radius 3 is 2.52 bits per heavy atom. The number of carbonyl (C=O) groups excluding carboxylic acids is 1. The topological polar surface area (TPSA) is 113 Å². The Morgan fingerprint density at radius 2 is 1.79 bits per heavy atom. The van der Waals surface area contributed by atoms with Crippen molar-refractivity contribution >= 4 is 26.9 Å². The summed E-state index contributed by atoms with van der Waals surface area (Å²) in [6, 6.07) is 21.9. The average Bonchev–Trinajstić information content (AvgIpc) is 3.79. The van der Waals surface area contributed by atoms with E-state index in [0.29, 0.717) is 25.1 Å². The maximum atomic E-state index is 15.8. The third-order valence-electron chi connectivity index (χ3n) is 8.72. The van der Waals surface area contributed by atoms with Crippen molar-refractivity contribution in [2.75, 3.05) is 6.61 Å². The maximum Gasteiger partial charge on any atom is 0.306 e. The number of fused-ring (bicyclic) bond motifs is 1. The number of halogens is 2. The monoisotopic (exact) mass is 725 g/mol. The molecule has 0 radical (unpaired) electrons. The van der Waals surface area contributed by atoms with E-state index < -0.39 is 28.3 Å². The minimum absolute atomic E-state index is 0.0263. The van der Waals surface area contributed by atoms with Crippen molar-refractivity contribution in [1.29, 1.82) is 0 Å². The van der Waals surface area contributed by atoms with Gasteiger partial charge in [-0.2, -0.15) is 5.10 Å². The Balaban J connectivity index is 1.29. The number of esters is 1. The van der Waals surface area contributed by atoms with Crippen LogP contribution in [0, 0.1) is 18.6 Å². The lowest BCUT2D eigenvalue weighted by atomic mass is 9.99. The summed E-state index contributed by atoms with van der Waals surface area (Å²) in [7, 11) is -4.07. The second-order valence-electron chi connectivity index (χ2n) is 12.2. The molecule has 0 bridgehead atoms. The second kappa shape index (κ2) is 15.3. The lowest BCUT2D eigenvalue weighted by molar-refractivity contribution is -0.143. The van der Waals surface area contributed by atoms with Gasteiger partial charge in [0.05, 0.1) is 35.4 Å². The molecule has 2 aromatic heterocycles. The van der Waals surface area contributed by atoms with Gasteiger partial charge in [0.15, 0.2) is 11.6 Å². The Kier molecular flexibility index (Phi) is 10.7. The number of carbonyl (C=O) groups is 1. The van der Waals surface area contributed by atoms with E-state index in [1.807, 2.05) is 31.2 Å². The van der Waals surface area contributed by atoms with Crippen LogP contribution in [-0.2, 0) is 32.6 Å². The molecule has 1 N–H and O–H groups in total. The quantitative estimate of drug-likeness (QED) is 0.0889. The Bertz CT molecular complexity index is 2370. The molecule has 268 valence electrons. The van der Waals surface area contributed by atoms with E-state index in [-0.39, 0.29) is 56.9 Å². The van der Waals surface area contributed by atoms with Crippen LogP contribution in [0.4, 0.5) is 8.78 Å². The van der Waals surface area contributed by atoms with E-state index in [0.717, 1.165) is 26.7 Å². The van der Waals surface area contributed by atoms with Crippen LogP contribution in [0.3, 0.4) is 0 Å². The van der Waals surface area contributed by atoms with Gasteiger partial charge < -0.3 is 14.6 Å². The van der Waals surface area contributed by atoms with E-state index in [1.54, 1.807) is 42.1 Å². The third-order valence-corrected chi connectivity index (χ3v) is 10.4. The zero-order valence-electron chi connectivity index (χ0n) is 28.6. The summed E-state index contributed by atoms with van der Waals surface area (Å²) in [4.78, 5) is 11.9. The van der Waals surface area contributed by atoms with E-state index >= 15 is 8.78 Å². The average molecular weight is 726 g/mol. The van der Waals surface area contributed by atoms with Crippen LogP contribution in [0.2, 0.25) is 0 Å². The van der Waals surface area contributed by atoms with E-state index in [9.17, 15) is 18.3 Å². The van der Waals surface area contributed by atoms with Gasteiger partial charge in [0, 0.05) is 41.4 Å². The molecule has 0 fully saturated rings. The first-order chi connectivity index (χ1) is 25.0. The predicted octanol–water partition coefficient (Wildman–Crippen LogP) is 8.27. The molecular weight excluding hydrogens is 689 g/mol. The fourth-order valence-corrected chi connectivity index (χ4v) is 7.44. The van der Waals surface area contributed by atoms with Crippen LogP contribution in [0.25, 0.3) is 22.2 Å². The molecule has 0 saturated heterocycles. The Labute approximate surface area is 300 Å². The molecule has 6 rings (SSSR count). The number of nitrogens with zero attached hydrogens (tertiary/aromatic N) is 3. The van der Waals surface area contributed by atoms with Gasteiger partial charge in [-0.1, -0.05) is 48.0 Å². The van der Waals surface area contributed by atoms with E-state index in [1.165, 1.54) is 42.6 Å². The molecule has 0 aliphatic rings. The summed E-state index contributed by atoms with van der Waals surface area (Å²) in [6.07, 6.45) is 6.09. The summed E-state index contributed by atoms with van der Waals surface area (Å²) in [5.74, 6) is -2.02. The molecule has 1 atom stereocenters. The molecule has 1 unspecified atom stereocenters. The first-order valence-corrected chi connectivity index (χ1v) is 18.1. The molecule has 0 aliphatic carbocycles. The molecule has 0 spiro atoms. The first-order valence-electron chi connectivity index (χ1n) is 16.7. The van der Waals surface area contributed by atoms with Gasteiger partial charge in [-0.15, -0.1) is 6.58 Å². The molecule has 4 aromatic carbocycles. The van der Waals surface area contributed by atoms with Crippen molar-refractivity contribution in [3.63, 3.8) is 0 Å².